The Kier molecular flexibility index (Phi) is 11.1. The summed E-state index contributed by atoms with van der Waals surface area (Å²) in [5.41, 5.74) is 2.51. The highest BCUT2D eigenvalue weighted by Gasteiger charge is 2.36. The van der Waals surface area contributed by atoms with E-state index in [2.05, 4.69) is 103 Å². The van der Waals surface area contributed by atoms with E-state index in [-0.39, 0.29) is 23.8 Å². The first-order valence-corrected chi connectivity index (χ1v) is 16.1. The van der Waals surface area contributed by atoms with E-state index in [1.54, 1.807) is 30.9 Å². The number of nitrogens with zero attached hydrogens (tertiary/aromatic N) is 6. The summed E-state index contributed by atoms with van der Waals surface area (Å²) in [6.45, 7) is 17.1. The molecule has 1 aliphatic heterocycles. The molecule has 1 aliphatic rings. The van der Waals surface area contributed by atoms with E-state index in [0.717, 1.165) is 36.5 Å². The summed E-state index contributed by atoms with van der Waals surface area (Å²) in [4.78, 5) is 27.6. The SMILES string of the molecule is C=C(COc1ccc(C(CC)N2CC(C)N(c3nc(=O)n(C)c4ccc(C#N)nc34)C[C@H]2CC)cc1)S/C=C\C(C)CC. The Morgan fingerprint density at radius 2 is 1.91 bits per heavy atom. The lowest BCUT2D eigenvalue weighted by Crippen LogP contribution is -2.58. The molecule has 0 amide bonds. The zero-order valence-corrected chi connectivity index (χ0v) is 27.1. The van der Waals surface area contributed by atoms with Crippen molar-refractivity contribution < 1.29 is 4.74 Å². The van der Waals surface area contributed by atoms with Gasteiger partial charge in [-0.1, -0.05) is 70.7 Å². The van der Waals surface area contributed by atoms with Gasteiger partial charge in [-0.05, 0) is 60.9 Å². The Morgan fingerprint density at radius 1 is 1.16 bits per heavy atom. The van der Waals surface area contributed by atoms with Gasteiger partial charge in [0.25, 0.3) is 0 Å². The van der Waals surface area contributed by atoms with E-state index in [4.69, 9.17) is 4.74 Å². The molecule has 1 fully saturated rings. The number of hydrogen-bond acceptors (Lipinski definition) is 8. The van der Waals surface area contributed by atoms with Crippen LogP contribution in [0.3, 0.4) is 0 Å². The maximum Gasteiger partial charge on any atom is 0.349 e. The first-order chi connectivity index (χ1) is 20.7. The Morgan fingerprint density at radius 3 is 2.56 bits per heavy atom. The van der Waals surface area contributed by atoms with Crippen molar-refractivity contribution in [3.05, 3.63) is 81.1 Å². The van der Waals surface area contributed by atoms with Crippen molar-refractivity contribution in [3.63, 3.8) is 0 Å². The van der Waals surface area contributed by atoms with Crippen LogP contribution in [0.4, 0.5) is 5.82 Å². The van der Waals surface area contributed by atoms with Gasteiger partial charge in [0.1, 0.15) is 29.6 Å². The fraction of sp³-hybridized carbons (Fsp3) is 0.471. The fourth-order valence-electron chi connectivity index (χ4n) is 5.63. The third-order valence-corrected chi connectivity index (χ3v) is 9.16. The van der Waals surface area contributed by atoms with Gasteiger partial charge in [-0.25, -0.2) is 9.78 Å². The minimum Gasteiger partial charge on any atom is -0.488 e. The van der Waals surface area contributed by atoms with Crippen molar-refractivity contribution in [1.82, 2.24) is 19.4 Å². The number of fused-ring (bicyclic) bond motifs is 1. The average molecular weight is 601 g/mol. The Hall–Kier alpha value is -3.61. The zero-order chi connectivity index (χ0) is 31.1. The highest BCUT2D eigenvalue weighted by atomic mass is 32.2. The van der Waals surface area contributed by atoms with Gasteiger partial charge in [0.2, 0.25) is 0 Å². The van der Waals surface area contributed by atoms with Crippen molar-refractivity contribution in [2.75, 3.05) is 24.6 Å². The van der Waals surface area contributed by atoms with Gasteiger partial charge in [0.15, 0.2) is 5.82 Å². The van der Waals surface area contributed by atoms with Crippen molar-refractivity contribution >= 4 is 28.6 Å². The van der Waals surface area contributed by atoms with Crippen LogP contribution < -0.4 is 15.3 Å². The number of allylic oxidation sites excluding steroid dienone is 1. The van der Waals surface area contributed by atoms with Crippen molar-refractivity contribution in [3.8, 4) is 11.8 Å². The molecule has 0 spiro atoms. The zero-order valence-electron chi connectivity index (χ0n) is 26.3. The predicted molar refractivity (Wildman–Crippen MR) is 177 cm³/mol. The van der Waals surface area contributed by atoms with E-state index in [9.17, 15) is 10.1 Å². The number of piperazine rings is 1. The number of aromatic nitrogens is 3. The molecular formula is C34H44N6O2S. The maximum atomic E-state index is 12.8. The molecule has 0 radical (unpaired) electrons. The number of benzene rings is 1. The smallest absolute Gasteiger partial charge is 0.349 e. The van der Waals surface area contributed by atoms with E-state index in [0.29, 0.717) is 41.6 Å². The number of rotatable bonds is 12. The standard InChI is InChI=1S/C34H44N6O2S/c1-8-23(4)17-18-43-25(6)22-42-29-14-11-26(12-15-29)30(10-3)40-20-24(5)39(21-28(40)9-2)33-32-31(38(7)34(41)37-33)16-13-27(19-35)36-32/h11-18,23-24,28,30H,6,8-10,20-22H2,1-5,7H3/b18-17-/t23?,24?,28-,30?/m1/s1. The molecule has 3 unspecified atom stereocenters. The minimum absolute atomic E-state index is 0.0904. The number of anilines is 1. The normalized spacial score (nSPS) is 19.0. The molecule has 4 atom stereocenters. The van der Waals surface area contributed by atoms with E-state index in [1.807, 2.05) is 0 Å². The summed E-state index contributed by atoms with van der Waals surface area (Å²) in [5, 5.41) is 11.6. The molecule has 0 N–H and O–H groups in total. The molecule has 8 nitrogen and oxygen atoms in total. The van der Waals surface area contributed by atoms with Crippen molar-refractivity contribution in [2.45, 2.75) is 72.0 Å². The quantitative estimate of drug-likeness (QED) is 0.224. The summed E-state index contributed by atoms with van der Waals surface area (Å²) < 4.78 is 7.51. The fourth-order valence-corrected chi connectivity index (χ4v) is 6.29. The summed E-state index contributed by atoms with van der Waals surface area (Å²) >= 11 is 1.62. The molecule has 1 saturated heterocycles. The van der Waals surface area contributed by atoms with Crippen molar-refractivity contribution in [1.29, 1.82) is 5.26 Å². The predicted octanol–water partition coefficient (Wildman–Crippen LogP) is 6.83. The van der Waals surface area contributed by atoms with Gasteiger partial charge < -0.3 is 9.64 Å². The lowest BCUT2D eigenvalue weighted by atomic mass is 9.96. The molecule has 3 aromatic rings. The van der Waals surface area contributed by atoms with Crippen LogP contribution in [0.1, 0.15) is 71.2 Å². The highest BCUT2D eigenvalue weighted by Crippen LogP contribution is 2.34. The minimum atomic E-state index is -0.324. The molecule has 43 heavy (non-hydrogen) atoms. The summed E-state index contributed by atoms with van der Waals surface area (Å²) in [7, 11) is 1.69. The number of aryl methyl sites for hydroxylation is 1. The molecule has 0 saturated carbocycles. The molecule has 0 bridgehead atoms. The lowest BCUT2D eigenvalue weighted by Gasteiger charge is -2.49. The van der Waals surface area contributed by atoms with Crippen LogP contribution in [0.15, 0.2) is 64.2 Å². The van der Waals surface area contributed by atoms with Gasteiger partial charge in [-0.15, -0.1) is 0 Å². The number of pyridine rings is 1. The van der Waals surface area contributed by atoms with Gasteiger partial charge in [-0.3, -0.25) is 9.47 Å². The van der Waals surface area contributed by atoms with Crippen LogP contribution in [0, 0.1) is 17.2 Å². The summed E-state index contributed by atoms with van der Waals surface area (Å²) in [5.74, 6) is 1.96. The first kappa shape index (κ1) is 32.3. The van der Waals surface area contributed by atoms with Crippen LogP contribution in [-0.2, 0) is 7.05 Å². The van der Waals surface area contributed by atoms with E-state index < -0.39 is 0 Å². The average Bonchev–Trinajstić information content (AvgIpc) is 3.02. The summed E-state index contributed by atoms with van der Waals surface area (Å²) in [6.07, 6.45) is 5.26. The topological polar surface area (TPSA) is 87.3 Å². The number of thioether (sulfide) groups is 1. The Balaban J connectivity index is 1.49. The van der Waals surface area contributed by atoms with Gasteiger partial charge in [0, 0.05) is 43.2 Å². The molecular weight excluding hydrogens is 556 g/mol. The molecule has 9 heteroatoms. The second-order valence-electron chi connectivity index (χ2n) is 11.4. The first-order valence-electron chi connectivity index (χ1n) is 15.2. The highest BCUT2D eigenvalue weighted by molar-refractivity contribution is 8.05. The van der Waals surface area contributed by atoms with Crippen LogP contribution in [0.5, 0.6) is 5.75 Å². The maximum absolute atomic E-state index is 12.8. The lowest BCUT2D eigenvalue weighted by molar-refractivity contribution is 0.0939. The van der Waals surface area contributed by atoms with Crippen molar-refractivity contribution in [2.24, 2.45) is 13.0 Å². The number of ether oxygens (including phenoxy) is 1. The van der Waals surface area contributed by atoms with Crippen LogP contribution in [0.2, 0.25) is 0 Å². The van der Waals surface area contributed by atoms with E-state index >= 15 is 0 Å². The second-order valence-corrected chi connectivity index (χ2v) is 12.5. The van der Waals surface area contributed by atoms with E-state index in [1.165, 1.54) is 10.1 Å². The number of hydrogen-bond donors (Lipinski definition) is 0. The summed E-state index contributed by atoms with van der Waals surface area (Å²) in [6, 6.07) is 14.6. The Labute approximate surface area is 260 Å². The van der Waals surface area contributed by atoms with Crippen LogP contribution >= 0.6 is 11.8 Å². The molecule has 228 valence electrons. The molecule has 3 heterocycles. The van der Waals surface area contributed by atoms with Gasteiger partial charge in [0.05, 0.1) is 5.52 Å². The molecule has 4 rings (SSSR count). The van der Waals surface area contributed by atoms with Crippen LogP contribution in [-0.4, -0.2) is 51.2 Å². The molecule has 0 aliphatic carbocycles. The monoisotopic (exact) mass is 600 g/mol. The Bertz CT molecular complexity index is 1540. The largest absolute Gasteiger partial charge is 0.488 e. The molecule has 1 aromatic carbocycles. The molecule has 2 aromatic heterocycles. The third-order valence-electron chi connectivity index (χ3n) is 8.41. The second kappa shape index (κ2) is 14.7. The third kappa shape index (κ3) is 7.49. The van der Waals surface area contributed by atoms with Gasteiger partial charge in [-0.2, -0.15) is 10.2 Å². The van der Waals surface area contributed by atoms with Crippen LogP contribution in [0.25, 0.3) is 11.0 Å². The number of nitriles is 1. The van der Waals surface area contributed by atoms with Gasteiger partial charge >= 0.3 is 5.69 Å².